The number of hydrogen-bond acceptors (Lipinski definition) is 3. The molecule has 1 rings (SSSR count). The van der Waals surface area contributed by atoms with Crippen LogP contribution < -0.4 is 0 Å². The highest BCUT2D eigenvalue weighted by Gasteiger charge is 2.36. The third-order valence-corrected chi connectivity index (χ3v) is 1.50. The van der Waals surface area contributed by atoms with E-state index in [9.17, 15) is 23.3 Å². The standard InChI is InChI=1S/C7H6F3N3O2/c1-12-4-5(2-3-13(14)15)6(11-12)7(8,9)10/h2-4H,1H3/b3-2+. The lowest BCUT2D eigenvalue weighted by Gasteiger charge is -2.01. The number of hydrogen-bond donors (Lipinski definition) is 0. The Morgan fingerprint density at radius 3 is 2.67 bits per heavy atom. The van der Waals surface area contributed by atoms with Gasteiger partial charge in [0.2, 0.25) is 6.20 Å². The van der Waals surface area contributed by atoms with Crippen LogP contribution in [0.5, 0.6) is 0 Å². The van der Waals surface area contributed by atoms with Crippen LogP contribution >= 0.6 is 0 Å². The van der Waals surface area contributed by atoms with Gasteiger partial charge in [0.05, 0.1) is 4.92 Å². The van der Waals surface area contributed by atoms with E-state index in [-0.39, 0.29) is 5.56 Å². The molecule has 0 aromatic carbocycles. The lowest BCUT2D eigenvalue weighted by atomic mass is 10.2. The van der Waals surface area contributed by atoms with Gasteiger partial charge in [-0.25, -0.2) is 0 Å². The Morgan fingerprint density at radius 2 is 2.20 bits per heavy atom. The highest BCUT2D eigenvalue weighted by Crippen LogP contribution is 2.30. The number of alkyl halides is 3. The first-order chi connectivity index (χ1) is 6.80. The third kappa shape index (κ3) is 2.79. The SMILES string of the molecule is Cn1cc(/C=C/[N+](=O)[O-])c(C(F)(F)F)n1. The molecule has 0 spiro atoms. The Hall–Kier alpha value is -1.86. The van der Waals surface area contributed by atoms with E-state index < -0.39 is 16.8 Å². The van der Waals surface area contributed by atoms with Crippen molar-refractivity contribution in [3.05, 3.63) is 33.8 Å². The molecule has 82 valence electrons. The molecule has 1 aromatic rings. The van der Waals surface area contributed by atoms with Crippen molar-refractivity contribution in [2.75, 3.05) is 0 Å². The third-order valence-electron chi connectivity index (χ3n) is 1.50. The highest BCUT2D eigenvalue weighted by molar-refractivity contribution is 5.50. The maximum absolute atomic E-state index is 12.3. The molecule has 0 aliphatic rings. The van der Waals surface area contributed by atoms with Crippen molar-refractivity contribution in [1.82, 2.24) is 9.78 Å². The molecule has 0 atom stereocenters. The summed E-state index contributed by atoms with van der Waals surface area (Å²) in [7, 11) is 1.30. The summed E-state index contributed by atoms with van der Waals surface area (Å²) in [5, 5.41) is 13.1. The van der Waals surface area contributed by atoms with Gasteiger partial charge in [-0.05, 0) is 0 Å². The second-order valence-electron chi connectivity index (χ2n) is 2.71. The van der Waals surface area contributed by atoms with E-state index >= 15 is 0 Å². The van der Waals surface area contributed by atoms with Crippen LogP contribution in [0, 0.1) is 10.1 Å². The molecule has 0 N–H and O–H groups in total. The second kappa shape index (κ2) is 3.71. The van der Waals surface area contributed by atoms with Crippen LogP contribution in [-0.4, -0.2) is 14.7 Å². The van der Waals surface area contributed by atoms with Crippen LogP contribution in [-0.2, 0) is 13.2 Å². The van der Waals surface area contributed by atoms with Gasteiger partial charge in [0.1, 0.15) is 0 Å². The summed E-state index contributed by atoms with van der Waals surface area (Å²) in [6, 6.07) is 0. The lowest BCUT2D eigenvalue weighted by Crippen LogP contribution is -2.08. The number of nitrogens with zero attached hydrogens (tertiary/aromatic N) is 3. The predicted octanol–water partition coefficient (Wildman–Crippen LogP) is 1.69. The van der Waals surface area contributed by atoms with E-state index in [4.69, 9.17) is 0 Å². The molecule has 0 unspecified atom stereocenters. The smallest absolute Gasteiger partial charge is 0.275 e. The topological polar surface area (TPSA) is 61.0 Å². The van der Waals surface area contributed by atoms with Gasteiger partial charge in [-0.1, -0.05) is 0 Å². The molecule has 0 saturated carbocycles. The zero-order valence-corrected chi connectivity index (χ0v) is 7.52. The molecule has 0 bridgehead atoms. The maximum Gasteiger partial charge on any atom is 0.435 e. The first-order valence-electron chi connectivity index (χ1n) is 3.73. The summed E-state index contributed by atoms with van der Waals surface area (Å²) < 4.78 is 37.9. The molecule has 0 radical (unpaired) electrons. The van der Waals surface area contributed by atoms with Crippen molar-refractivity contribution in [1.29, 1.82) is 0 Å². The van der Waals surface area contributed by atoms with Gasteiger partial charge in [-0.3, -0.25) is 14.8 Å². The highest BCUT2D eigenvalue weighted by atomic mass is 19.4. The average molecular weight is 221 g/mol. The lowest BCUT2D eigenvalue weighted by molar-refractivity contribution is -0.400. The van der Waals surface area contributed by atoms with E-state index in [2.05, 4.69) is 5.10 Å². The van der Waals surface area contributed by atoms with E-state index in [1.54, 1.807) is 0 Å². The predicted molar refractivity (Wildman–Crippen MR) is 44.2 cm³/mol. The van der Waals surface area contributed by atoms with E-state index in [0.29, 0.717) is 6.20 Å². The first kappa shape index (κ1) is 11.2. The summed E-state index contributed by atoms with van der Waals surface area (Å²) in [6.45, 7) is 0. The van der Waals surface area contributed by atoms with Gasteiger partial charge < -0.3 is 0 Å². The van der Waals surface area contributed by atoms with Crippen molar-refractivity contribution in [2.24, 2.45) is 7.05 Å². The molecule has 0 fully saturated rings. The molecule has 15 heavy (non-hydrogen) atoms. The van der Waals surface area contributed by atoms with Gasteiger partial charge in [0.15, 0.2) is 5.69 Å². The van der Waals surface area contributed by atoms with Crippen LogP contribution in [0.3, 0.4) is 0 Å². The molecule has 0 aliphatic carbocycles. The molecule has 0 amide bonds. The normalized spacial score (nSPS) is 12.3. The molecule has 5 nitrogen and oxygen atoms in total. The van der Waals surface area contributed by atoms with Crippen LogP contribution in [0.4, 0.5) is 13.2 Å². The number of halogens is 3. The Balaban J connectivity index is 3.13. The largest absolute Gasteiger partial charge is 0.435 e. The monoisotopic (exact) mass is 221 g/mol. The van der Waals surface area contributed by atoms with Gasteiger partial charge in [-0.2, -0.15) is 18.3 Å². The summed E-state index contributed by atoms with van der Waals surface area (Å²) in [6.07, 6.45) is -2.36. The molecule has 0 aliphatic heterocycles. The number of nitro groups is 1. The van der Waals surface area contributed by atoms with Crippen molar-refractivity contribution in [3.8, 4) is 0 Å². The van der Waals surface area contributed by atoms with Gasteiger partial charge >= 0.3 is 6.18 Å². The van der Waals surface area contributed by atoms with Crippen LogP contribution in [0.2, 0.25) is 0 Å². The summed E-state index contributed by atoms with van der Waals surface area (Å²) >= 11 is 0. The van der Waals surface area contributed by atoms with E-state index in [0.717, 1.165) is 17.0 Å². The fourth-order valence-corrected chi connectivity index (χ4v) is 0.990. The molecule has 1 heterocycles. The quantitative estimate of drug-likeness (QED) is 0.563. The molecule has 1 aromatic heterocycles. The Kier molecular flexibility index (Phi) is 2.78. The Labute approximate surface area is 82.0 Å². The molecule has 0 saturated heterocycles. The zero-order chi connectivity index (χ0) is 11.6. The zero-order valence-electron chi connectivity index (χ0n) is 7.52. The molecular formula is C7H6F3N3O2. The summed E-state index contributed by atoms with van der Waals surface area (Å²) in [5.41, 5.74) is -1.47. The van der Waals surface area contributed by atoms with Crippen molar-refractivity contribution in [3.63, 3.8) is 0 Å². The Morgan fingerprint density at radius 1 is 1.60 bits per heavy atom. The van der Waals surface area contributed by atoms with E-state index in [1.807, 2.05) is 0 Å². The molecular weight excluding hydrogens is 215 g/mol. The fraction of sp³-hybridized carbons (Fsp3) is 0.286. The molecule has 8 heteroatoms. The second-order valence-corrected chi connectivity index (χ2v) is 2.71. The van der Waals surface area contributed by atoms with Crippen molar-refractivity contribution in [2.45, 2.75) is 6.18 Å². The number of aromatic nitrogens is 2. The number of rotatable bonds is 2. The van der Waals surface area contributed by atoms with Crippen LogP contribution in [0.1, 0.15) is 11.3 Å². The minimum absolute atomic E-state index is 0.332. The van der Waals surface area contributed by atoms with Gasteiger partial charge in [0.25, 0.3) is 0 Å². The first-order valence-corrected chi connectivity index (χ1v) is 3.73. The van der Waals surface area contributed by atoms with Gasteiger partial charge in [-0.15, -0.1) is 0 Å². The minimum Gasteiger partial charge on any atom is -0.275 e. The van der Waals surface area contributed by atoms with E-state index in [1.165, 1.54) is 7.05 Å². The van der Waals surface area contributed by atoms with Gasteiger partial charge in [0, 0.05) is 24.9 Å². The van der Waals surface area contributed by atoms with Crippen molar-refractivity contribution >= 4 is 6.08 Å². The average Bonchev–Trinajstić information content (AvgIpc) is 2.42. The summed E-state index contributed by atoms with van der Waals surface area (Å²) in [4.78, 5) is 9.11. The Bertz CT molecular complexity index is 408. The van der Waals surface area contributed by atoms with Crippen LogP contribution in [0.15, 0.2) is 12.4 Å². The minimum atomic E-state index is -4.61. The maximum atomic E-state index is 12.3. The summed E-state index contributed by atoms with van der Waals surface area (Å²) in [5.74, 6) is 0. The van der Waals surface area contributed by atoms with Crippen molar-refractivity contribution < 1.29 is 18.1 Å². The fourth-order valence-electron chi connectivity index (χ4n) is 0.990. The number of aryl methyl sites for hydroxylation is 1. The van der Waals surface area contributed by atoms with Crippen LogP contribution in [0.25, 0.3) is 6.08 Å².